The zero-order valence-corrected chi connectivity index (χ0v) is 12.3. The van der Waals surface area contributed by atoms with Crippen LogP contribution in [0.2, 0.25) is 0 Å². The molecule has 1 atom stereocenters. The van der Waals surface area contributed by atoms with Crippen LogP contribution in [0.15, 0.2) is 18.2 Å². The molecule has 1 heterocycles. The quantitative estimate of drug-likeness (QED) is 0.885. The van der Waals surface area contributed by atoms with Crippen molar-refractivity contribution in [2.24, 2.45) is 0 Å². The number of ether oxygens (including phenoxy) is 2. The van der Waals surface area contributed by atoms with Crippen LogP contribution in [-0.2, 0) is 11.3 Å². The molecule has 1 N–H and O–H groups in total. The van der Waals surface area contributed by atoms with Crippen LogP contribution in [0, 0.1) is 0 Å². The number of hydrogen-bond donors (Lipinski definition) is 1. The second kappa shape index (κ2) is 6.61. The average molecular weight is 278 g/mol. The van der Waals surface area contributed by atoms with Gasteiger partial charge in [-0.1, -0.05) is 0 Å². The molecular formula is C15H22N2O3. The Morgan fingerprint density at radius 2 is 1.90 bits per heavy atom. The number of likely N-dealkylation sites (tertiary alicyclic amines) is 1. The minimum atomic E-state index is 0.228. The first-order valence-electron chi connectivity index (χ1n) is 6.81. The number of amides is 1. The molecular weight excluding hydrogens is 256 g/mol. The molecule has 1 unspecified atom stereocenters. The number of nitrogens with one attached hydrogen (secondary N) is 1. The van der Waals surface area contributed by atoms with E-state index in [4.69, 9.17) is 9.47 Å². The van der Waals surface area contributed by atoms with Crippen molar-refractivity contribution < 1.29 is 14.3 Å². The Morgan fingerprint density at radius 1 is 1.25 bits per heavy atom. The summed E-state index contributed by atoms with van der Waals surface area (Å²) in [6.07, 6.45) is 1.51. The van der Waals surface area contributed by atoms with E-state index in [1.807, 2.05) is 25.2 Å². The molecule has 2 rings (SSSR count). The van der Waals surface area contributed by atoms with Crippen molar-refractivity contribution in [3.05, 3.63) is 23.8 Å². The minimum Gasteiger partial charge on any atom is -0.497 e. The molecule has 5 heteroatoms. The van der Waals surface area contributed by atoms with Gasteiger partial charge in [-0.15, -0.1) is 0 Å². The highest BCUT2D eigenvalue weighted by Crippen LogP contribution is 2.22. The highest BCUT2D eigenvalue weighted by Gasteiger charge is 2.22. The summed E-state index contributed by atoms with van der Waals surface area (Å²) in [7, 11) is 5.14. The lowest BCUT2D eigenvalue weighted by atomic mass is 10.1. The van der Waals surface area contributed by atoms with Crippen LogP contribution in [0.25, 0.3) is 0 Å². The summed E-state index contributed by atoms with van der Waals surface area (Å²) in [6, 6.07) is 6.19. The predicted molar refractivity (Wildman–Crippen MR) is 77.0 cm³/mol. The van der Waals surface area contributed by atoms with E-state index in [-0.39, 0.29) is 5.91 Å². The van der Waals surface area contributed by atoms with E-state index in [2.05, 4.69) is 5.32 Å². The molecule has 20 heavy (non-hydrogen) atoms. The maximum atomic E-state index is 11.4. The number of benzene rings is 1. The van der Waals surface area contributed by atoms with Crippen molar-refractivity contribution in [3.63, 3.8) is 0 Å². The van der Waals surface area contributed by atoms with Crippen molar-refractivity contribution >= 4 is 5.91 Å². The molecule has 1 fully saturated rings. The predicted octanol–water partition coefficient (Wildman–Crippen LogP) is 1.41. The second-order valence-corrected chi connectivity index (χ2v) is 5.11. The summed E-state index contributed by atoms with van der Waals surface area (Å²) in [4.78, 5) is 13.2. The summed E-state index contributed by atoms with van der Waals surface area (Å²) in [5, 5.41) is 3.49. The van der Waals surface area contributed by atoms with Crippen LogP contribution in [0.3, 0.4) is 0 Å². The summed E-state index contributed by atoms with van der Waals surface area (Å²) in [6.45, 7) is 1.50. The molecule has 0 radical (unpaired) electrons. The molecule has 0 aromatic heterocycles. The standard InChI is InChI=1S/C15H22N2O3/c1-17-10-12(4-5-15(17)18)16-9-11-6-13(19-2)8-14(7-11)20-3/h6-8,12,16H,4-5,9-10H2,1-3H3. The van der Waals surface area contributed by atoms with Crippen LogP contribution < -0.4 is 14.8 Å². The number of piperidine rings is 1. The molecule has 1 aromatic rings. The summed E-state index contributed by atoms with van der Waals surface area (Å²) < 4.78 is 10.5. The van der Waals surface area contributed by atoms with Crippen molar-refractivity contribution in [1.29, 1.82) is 0 Å². The number of carbonyl (C=O) groups is 1. The third-order valence-corrected chi connectivity index (χ3v) is 3.63. The van der Waals surface area contributed by atoms with Crippen LogP contribution in [0.5, 0.6) is 11.5 Å². The topological polar surface area (TPSA) is 50.8 Å². The normalized spacial score (nSPS) is 19.1. The second-order valence-electron chi connectivity index (χ2n) is 5.11. The monoisotopic (exact) mass is 278 g/mol. The number of methoxy groups -OCH3 is 2. The largest absolute Gasteiger partial charge is 0.497 e. The number of likely N-dealkylation sites (N-methyl/N-ethyl adjacent to an activating group) is 1. The molecule has 110 valence electrons. The third kappa shape index (κ3) is 3.63. The van der Waals surface area contributed by atoms with Gasteiger partial charge in [-0.2, -0.15) is 0 Å². The lowest BCUT2D eigenvalue weighted by Gasteiger charge is -2.30. The lowest BCUT2D eigenvalue weighted by molar-refractivity contribution is -0.132. The Morgan fingerprint density at radius 3 is 2.45 bits per heavy atom. The van der Waals surface area contributed by atoms with E-state index in [0.717, 1.165) is 36.6 Å². The van der Waals surface area contributed by atoms with E-state index >= 15 is 0 Å². The number of rotatable bonds is 5. The maximum absolute atomic E-state index is 11.4. The van der Waals surface area contributed by atoms with Gasteiger partial charge in [0.1, 0.15) is 11.5 Å². The Kier molecular flexibility index (Phi) is 4.84. The van der Waals surface area contributed by atoms with Crippen LogP contribution >= 0.6 is 0 Å². The van der Waals surface area contributed by atoms with E-state index in [0.29, 0.717) is 12.5 Å². The van der Waals surface area contributed by atoms with Crippen molar-refractivity contribution in [3.8, 4) is 11.5 Å². The van der Waals surface area contributed by atoms with E-state index in [9.17, 15) is 4.79 Å². The van der Waals surface area contributed by atoms with Gasteiger partial charge < -0.3 is 19.7 Å². The van der Waals surface area contributed by atoms with Crippen LogP contribution in [-0.4, -0.2) is 44.7 Å². The molecule has 1 aliphatic heterocycles. The molecule has 5 nitrogen and oxygen atoms in total. The minimum absolute atomic E-state index is 0.228. The molecule has 0 spiro atoms. The molecule has 1 aromatic carbocycles. The van der Waals surface area contributed by atoms with Gasteiger partial charge in [0.2, 0.25) is 5.91 Å². The van der Waals surface area contributed by atoms with Crippen LogP contribution in [0.1, 0.15) is 18.4 Å². The molecule has 1 saturated heterocycles. The van der Waals surface area contributed by atoms with Gasteiger partial charge in [-0.05, 0) is 24.1 Å². The highest BCUT2D eigenvalue weighted by atomic mass is 16.5. The van der Waals surface area contributed by atoms with Crippen molar-refractivity contribution in [1.82, 2.24) is 10.2 Å². The fraction of sp³-hybridized carbons (Fsp3) is 0.533. The van der Waals surface area contributed by atoms with Gasteiger partial charge in [-0.25, -0.2) is 0 Å². The van der Waals surface area contributed by atoms with E-state index in [1.165, 1.54) is 0 Å². The van der Waals surface area contributed by atoms with Crippen molar-refractivity contribution in [2.75, 3.05) is 27.8 Å². The Labute approximate surface area is 119 Å². The zero-order chi connectivity index (χ0) is 14.5. The first-order valence-corrected chi connectivity index (χ1v) is 6.81. The smallest absolute Gasteiger partial charge is 0.222 e. The SMILES string of the molecule is COc1cc(CNC2CCC(=O)N(C)C2)cc(OC)c1. The molecule has 0 saturated carbocycles. The Bertz CT molecular complexity index is 454. The van der Waals surface area contributed by atoms with E-state index in [1.54, 1.807) is 19.1 Å². The van der Waals surface area contributed by atoms with Gasteiger partial charge in [-0.3, -0.25) is 4.79 Å². The summed E-state index contributed by atoms with van der Waals surface area (Å²) in [5.41, 5.74) is 1.11. The van der Waals surface area contributed by atoms with Crippen molar-refractivity contribution in [2.45, 2.75) is 25.4 Å². The van der Waals surface area contributed by atoms with Crippen LogP contribution in [0.4, 0.5) is 0 Å². The Balaban J connectivity index is 1.95. The number of nitrogens with zero attached hydrogens (tertiary/aromatic N) is 1. The zero-order valence-electron chi connectivity index (χ0n) is 12.3. The van der Waals surface area contributed by atoms with Gasteiger partial charge in [0.25, 0.3) is 0 Å². The molecule has 1 aliphatic rings. The summed E-state index contributed by atoms with van der Waals surface area (Å²) in [5.74, 6) is 1.81. The molecule has 0 bridgehead atoms. The highest BCUT2D eigenvalue weighted by molar-refractivity contribution is 5.76. The fourth-order valence-corrected chi connectivity index (χ4v) is 2.41. The number of hydrogen-bond acceptors (Lipinski definition) is 4. The first-order chi connectivity index (χ1) is 9.62. The van der Waals surface area contributed by atoms with Gasteiger partial charge in [0.05, 0.1) is 14.2 Å². The first kappa shape index (κ1) is 14.7. The average Bonchev–Trinajstić information content (AvgIpc) is 2.48. The molecule has 0 aliphatic carbocycles. The van der Waals surface area contributed by atoms with Gasteiger partial charge in [0, 0.05) is 38.7 Å². The van der Waals surface area contributed by atoms with Gasteiger partial charge >= 0.3 is 0 Å². The fourth-order valence-electron chi connectivity index (χ4n) is 2.41. The van der Waals surface area contributed by atoms with Gasteiger partial charge in [0.15, 0.2) is 0 Å². The number of carbonyl (C=O) groups excluding carboxylic acids is 1. The Hall–Kier alpha value is -1.75. The third-order valence-electron chi connectivity index (χ3n) is 3.63. The summed E-state index contributed by atoms with van der Waals surface area (Å²) >= 11 is 0. The van der Waals surface area contributed by atoms with E-state index < -0.39 is 0 Å². The molecule has 1 amide bonds. The maximum Gasteiger partial charge on any atom is 0.222 e. The lowest BCUT2D eigenvalue weighted by Crippen LogP contribution is -2.46.